The molecule has 68 valence electrons. The normalized spacial score (nSPS) is 10.6. The predicted octanol–water partition coefficient (Wildman–Crippen LogP) is 0.337. The molecule has 0 aromatic carbocycles. The quantitative estimate of drug-likeness (QED) is 0.673. The highest BCUT2D eigenvalue weighted by atomic mass is 16.6. The number of anilines is 1. The molecule has 13 heavy (non-hydrogen) atoms. The van der Waals surface area contributed by atoms with Crippen molar-refractivity contribution in [3.63, 3.8) is 0 Å². The van der Waals surface area contributed by atoms with Crippen LogP contribution in [0, 0.1) is 0 Å². The van der Waals surface area contributed by atoms with E-state index in [1.807, 2.05) is 11.6 Å². The summed E-state index contributed by atoms with van der Waals surface area (Å²) in [5.41, 5.74) is 4.14. The number of aryl methyl sites for hydroxylation is 1. The second-order valence-electron chi connectivity index (χ2n) is 2.56. The van der Waals surface area contributed by atoms with E-state index < -0.39 is 0 Å². The number of hydrogen-bond donors (Lipinski definition) is 1. The third kappa shape index (κ3) is 1.20. The van der Waals surface area contributed by atoms with Crippen molar-refractivity contribution >= 4 is 17.0 Å². The average Bonchev–Trinajstić information content (AvgIpc) is 2.50. The van der Waals surface area contributed by atoms with Gasteiger partial charge in [0.05, 0.1) is 13.4 Å². The van der Waals surface area contributed by atoms with Crippen LogP contribution in [-0.4, -0.2) is 26.6 Å². The Kier molecular flexibility index (Phi) is 1.82. The Balaban J connectivity index is 2.65. The lowest BCUT2D eigenvalue weighted by Gasteiger charge is -2.03. The molecule has 0 spiro atoms. The van der Waals surface area contributed by atoms with Crippen LogP contribution >= 0.6 is 0 Å². The molecule has 0 aliphatic rings. The monoisotopic (exact) mass is 179 g/mol. The van der Waals surface area contributed by atoms with Crippen LogP contribution < -0.4 is 5.48 Å². The van der Waals surface area contributed by atoms with Gasteiger partial charge in [-0.1, -0.05) is 0 Å². The van der Waals surface area contributed by atoms with Gasteiger partial charge in [-0.05, 0) is 0 Å². The molecule has 0 aliphatic heterocycles. The Morgan fingerprint density at radius 1 is 1.38 bits per heavy atom. The van der Waals surface area contributed by atoms with Gasteiger partial charge in [-0.15, -0.1) is 0 Å². The van der Waals surface area contributed by atoms with Gasteiger partial charge in [0.1, 0.15) is 11.8 Å². The van der Waals surface area contributed by atoms with E-state index in [1.54, 1.807) is 6.33 Å². The number of nitrogens with one attached hydrogen (secondary N) is 1. The molecule has 0 amide bonds. The Morgan fingerprint density at radius 3 is 3.00 bits per heavy atom. The fourth-order valence-corrected chi connectivity index (χ4v) is 1.16. The zero-order chi connectivity index (χ0) is 9.26. The summed E-state index contributed by atoms with van der Waals surface area (Å²) in [6, 6.07) is 0. The van der Waals surface area contributed by atoms with E-state index in [4.69, 9.17) is 4.84 Å². The van der Waals surface area contributed by atoms with Crippen molar-refractivity contribution in [1.29, 1.82) is 0 Å². The lowest BCUT2D eigenvalue weighted by atomic mass is 10.5. The van der Waals surface area contributed by atoms with E-state index >= 15 is 0 Å². The molecule has 0 bridgehead atoms. The lowest BCUT2D eigenvalue weighted by molar-refractivity contribution is 0.269. The highest BCUT2D eigenvalue weighted by Gasteiger charge is 2.06. The van der Waals surface area contributed by atoms with Gasteiger partial charge in [-0.2, -0.15) is 0 Å². The van der Waals surface area contributed by atoms with Gasteiger partial charge in [0.15, 0.2) is 11.5 Å². The van der Waals surface area contributed by atoms with E-state index in [1.165, 1.54) is 13.4 Å². The Labute approximate surface area is 74.5 Å². The first-order valence-electron chi connectivity index (χ1n) is 3.74. The number of rotatable bonds is 2. The molecule has 0 unspecified atom stereocenters. The van der Waals surface area contributed by atoms with Crippen LogP contribution in [0.3, 0.4) is 0 Å². The first-order valence-corrected chi connectivity index (χ1v) is 3.74. The van der Waals surface area contributed by atoms with Gasteiger partial charge in [-0.25, -0.2) is 20.4 Å². The summed E-state index contributed by atoms with van der Waals surface area (Å²) >= 11 is 0. The second-order valence-corrected chi connectivity index (χ2v) is 2.56. The molecule has 0 saturated heterocycles. The standard InChI is InChI=1S/C7H9N5O/c1-12-4-10-6-5(12)7(11-13-2)9-3-8-6/h3-4H,1-2H3,(H,8,9,11). The summed E-state index contributed by atoms with van der Waals surface area (Å²) in [7, 11) is 3.41. The second kappa shape index (κ2) is 2.98. The van der Waals surface area contributed by atoms with Crippen LogP contribution in [0.4, 0.5) is 5.82 Å². The minimum Gasteiger partial charge on any atom is -0.329 e. The van der Waals surface area contributed by atoms with Gasteiger partial charge >= 0.3 is 0 Å². The van der Waals surface area contributed by atoms with E-state index in [0.29, 0.717) is 11.5 Å². The lowest BCUT2D eigenvalue weighted by Crippen LogP contribution is -2.01. The average molecular weight is 179 g/mol. The maximum atomic E-state index is 4.78. The zero-order valence-corrected chi connectivity index (χ0v) is 7.35. The van der Waals surface area contributed by atoms with E-state index in [9.17, 15) is 0 Å². The summed E-state index contributed by atoms with van der Waals surface area (Å²) in [6.45, 7) is 0. The molecule has 2 aromatic rings. The first-order chi connectivity index (χ1) is 6.33. The Hall–Kier alpha value is -1.69. The van der Waals surface area contributed by atoms with Gasteiger partial charge in [-0.3, -0.25) is 4.84 Å². The van der Waals surface area contributed by atoms with E-state index in [2.05, 4.69) is 20.4 Å². The fourth-order valence-electron chi connectivity index (χ4n) is 1.16. The van der Waals surface area contributed by atoms with Crippen molar-refractivity contribution < 1.29 is 4.84 Å². The molecule has 6 heteroatoms. The summed E-state index contributed by atoms with van der Waals surface area (Å²) < 4.78 is 1.83. The van der Waals surface area contributed by atoms with Gasteiger partial charge in [0, 0.05) is 7.05 Å². The van der Waals surface area contributed by atoms with Gasteiger partial charge in [0.25, 0.3) is 0 Å². The molecule has 2 rings (SSSR count). The number of imidazole rings is 1. The van der Waals surface area contributed by atoms with Crippen LogP contribution in [0.2, 0.25) is 0 Å². The van der Waals surface area contributed by atoms with Crippen LogP contribution in [-0.2, 0) is 11.9 Å². The topological polar surface area (TPSA) is 64.9 Å². The molecule has 0 atom stereocenters. The van der Waals surface area contributed by atoms with Crippen LogP contribution in [0.5, 0.6) is 0 Å². The van der Waals surface area contributed by atoms with E-state index in [0.717, 1.165) is 5.52 Å². The third-order valence-electron chi connectivity index (χ3n) is 1.71. The van der Waals surface area contributed by atoms with Crippen molar-refractivity contribution in [2.75, 3.05) is 12.6 Å². The fraction of sp³-hybridized carbons (Fsp3) is 0.286. The molecule has 0 saturated carbocycles. The van der Waals surface area contributed by atoms with Gasteiger partial charge < -0.3 is 4.57 Å². The summed E-state index contributed by atoms with van der Waals surface area (Å²) in [4.78, 5) is 16.9. The van der Waals surface area contributed by atoms with Crippen molar-refractivity contribution in [3.8, 4) is 0 Å². The van der Waals surface area contributed by atoms with Crippen molar-refractivity contribution in [1.82, 2.24) is 19.5 Å². The smallest absolute Gasteiger partial charge is 0.183 e. The number of nitrogens with zero attached hydrogens (tertiary/aromatic N) is 4. The molecule has 0 fully saturated rings. The molecular formula is C7H9N5O. The number of hydrogen-bond acceptors (Lipinski definition) is 5. The minimum absolute atomic E-state index is 0.618. The molecule has 0 radical (unpaired) electrons. The van der Waals surface area contributed by atoms with Gasteiger partial charge in [0.2, 0.25) is 0 Å². The number of aromatic nitrogens is 4. The highest BCUT2D eigenvalue weighted by Crippen LogP contribution is 2.16. The third-order valence-corrected chi connectivity index (χ3v) is 1.71. The molecule has 1 N–H and O–H groups in total. The predicted molar refractivity (Wildman–Crippen MR) is 46.9 cm³/mol. The number of fused-ring (bicyclic) bond motifs is 1. The summed E-state index contributed by atoms with van der Waals surface area (Å²) in [6.07, 6.45) is 3.12. The highest BCUT2D eigenvalue weighted by molar-refractivity contribution is 5.82. The van der Waals surface area contributed by atoms with Crippen molar-refractivity contribution in [3.05, 3.63) is 12.7 Å². The molecule has 6 nitrogen and oxygen atoms in total. The Morgan fingerprint density at radius 2 is 2.23 bits per heavy atom. The van der Waals surface area contributed by atoms with Crippen LogP contribution in [0.1, 0.15) is 0 Å². The molecule has 0 aliphatic carbocycles. The maximum Gasteiger partial charge on any atom is 0.183 e. The summed E-state index contributed by atoms with van der Waals surface area (Å²) in [5, 5.41) is 0. The zero-order valence-electron chi connectivity index (χ0n) is 7.35. The summed E-state index contributed by atoms with van der Waals surface area (Å²) in [5.74, 6) is 0.618. The van der Waals surface area contributed by atoms with Crippen molar-refractivity contribution in [2.24, 2.45) is 7.05 Å². The van der Waals surface area contributed by atoms with E-state index in [-0.39, 0.29) is 0 Å². The molecule has 2 heterocycles. The largest absolute Gasteiger partial charge is 0.329 e. The van der Waals surface area contributed by atoms with Crippen molar-refractivity contribution in [2.45, 2.75) is 0 Å². The van der Waals surface area contributed by atoms with Crippen LogP contribution in [0.15, 0.2) is 12.7 Å². The van der Waals surface area contributed by atoms with Crippen LogP contribution in [0.25, 0.3) is 11.2 Å². The first kappa shape index (κ1) is 7.93. The minimum atomic E-state index is 0.618. The maximum absolute atomic E-state index is 4.78. The molecular weight excluding hydrogens is 170 g/mol. The Bertz CT molecular complexity index is 424. The molecule has 2 aromatic heterocycles. The SMILES string of the molecule is CONc1ncnc2ncn(C)c12.